The van der Waals surface area contributed by atoms with Crippen molar-refractivity contribution in [1.82, 2.24) is 5.32 Å². The number of ether oxygens (including phenoxy) is 2. The average molecular weight is 251 g/mol. The Morgan fingerprint density at radius 1 is 1.61 bits per heavy atom. The summed E-state index contributed by atoms with van der Waals surface area (Å²) in [6.07, 6.45) is -0.684. The second kappa shape index (κ2) is 5.84. The Hall–Kier alpha value is -1.59. The number of methoxy groups -OCH3 is 1. The van der Waals surface area contributed by atoms with Gasteiger partial charge in [-0.25, -0.2) is 0 Å². The van der Waals surface area contributed by atoms with E-state index in [4.69, 9.17) is 9.47 Å². The fraction of sp³-hybridized carbons (Fsp3) is 0.462. The fourth-order valence-corrected chi connectivity index (χ4v) is 1.97. The van der Waals surface area contributed by atoms with Crippen LogP contribution in [0.4, 0.5) is 0 Å². The van der Waals surface area contributed by atoms with Crippen molar-refractivity contribution in [1.29, 1.82) is 0 Å². The smallest absolute Gasteiger partial charge is 0.231 e. The lowest BCUT2D eigenvalue weighted by molar-refractivity contribution is -0.123. The van der Waals surface area contributed by atoms with Crippen LogP contribution in [0.3, 0.4) is 0 Å². The van der Waals surface area contributed by atoms with Gasteiger partial charge in [0.25, 0.3) is 0 Å². The highest BCUT2D eigenvalue weighted by Gasteiger charge is 2.29. The fourth-order valence-electron chi connectivity index (χ4n) is 1.97. The van der Waals surface area contributed by atoms with Crippen molar-refractivity contribution < 1.29 is 19.4 Å². The maximum Gasteiger partial charge on any atom is 0.231 e. The molecule has 2 unspecified atom stereocenters. The van der Waals surface area contributed by atoms with Crippen LogP contribution in [-0.2, 0) is 9.53 Å². The van der Waals surface area contributed by atoms with Crippen LogP contribution < -0.4 is 10.1 Å². The van der Waals surface area contributed by atoms with Crippen molar-refractivity contribution in [2.45, 2.75) is 12.0 Å². The lowest BCUT2D eigenvalue weighted by Crippen LogP contribution is -2.37. The zero-order chi connectivity index (χ0) is 13.0. The standard InChI is InChI=1S/C13H17NO4/c1-17-7-9(15)6-14-13(16)11-8-18-12-5-3-2-4-10(11)12/h2-5,9,11,15H,6-8H2,1H3,(H,14,16). The predicted molar refractivity (Wildman–Crippen MR) is 65.6 cm³/mol. The van der Waals surface area contributed by atoms with E-state index in [9.17, 15) is 9.90 Å². The lowest BCUT2D eigenvalue weighted by Gasteiger charge is -2.13. The molecule has 0 aromatic heterocycles. The highest BCUT2D eigenvalue weighted by molar-refractivity contribution is 5.85. The SMILES string of the molecule is COCC(O)CNC(=O)C1COc2ccccc21. The quantitative estimate of drug-likeness (QED) is 0.789. The molecule has 1 heterocycles. The van der Waals surface area contributed by atoms with Gasteiger partial charge in [-0.1, -0.05) is 18.2 Å². The number of hydrogen-bond donors (Lipinski definition) is 2. The second-order valence-corrected chi connectivity index (χ2v) is 4.26. The van der Waals surface area contributed by atoms with Crippen LogP contribution in [0.5, 0.6) is 5.75 Å². The van der Waals surface area contributed by atoms with Crippen LogP contribution in [0.2, 0.25) is 0 Å². The van der Waals surface area contributed by atoms with Crippen LogP contribution >= 0.6 is 0 Å². The Labute approximate surface area is 106 Å². The number of rotatable bonds is 5. The lowest BCUT2D eigenvalue weighted by atomic mass is 10.0. The summed E-state index contributed by atoms with van der Waals surface area (Å²) in [5.74, 6) is 0.334. The Morgan fingerprint density at radius 2 is 2.39 bits per heavy atom. The van der Waals surface area contributed by atoms with Crippen LogP contribution in [-0.4, -0.2) is 44.0 Å². The molecule has 1 aliphatic rings. The van der Waals surface area contributed by atoms with Crippen LogP contribution in [0.25, 0.3) is 0 Å². The van der Waals surface area contributed by atoms with E-state index < -0.39 is 6.10 Å². The molecule has 1 aliphatic heterocycles. The Balaban J connectivity index is 1.91. The highest BCUT2D eigenvalue weighted by atomic mass is 16.5. The molecule has 0 saturated carbocycles. The van der Waals surface area contributed by atoms with E-state index in [1.807, 2.05) is 24.3 Å². The molecule has 2 rings (SSSR count). The molecule has 0 saturated heterocycles. The number of benzene rings is 1. The first kappa shape index (κ1) is 12.9. The van der Waals surface area contributed by atoms with Crippen molar-refractivity contribution in [3.8, 4) is 5.75 Å². The Kier molecular flexibility index (Phi) is 4.17. The third-order valence-corrected chi connectivity index (χ3v) is 2.89. The van der Waals surface area contributed by atoms with Crippen molar-refractivity contribution >= 4 is 5.91 Å². The van der Waals surface area contributed by atoms with Gasteiger partial charge in [-0.2, -0.15) is 0 Å². The van der Waals surface area contributed by atoms with Crippen LogP contribution in [0.1, 0.15) is 11.5 Å². The van der Waals surface area contributed by atoms with Gasteiger partial charge >= 0.3 is 0 Å². The molecule has 5 nitrogen and oxygen atoms in total. The van der Waals surface area contributed by atoms with Crippen molar-refractivity contribution in [2.75, 3.05) is 26.9 Å². The van der Waals surface area contributed by atoms with Gasteiger partial charge < -0.3 is 19.9 Å². The summed E-state index contributed by atoms with van der Waals surface area (Å²) in [4.78, 5) is 12.0. The minimum absolute atomic E-state index is 0.130. The number of hydrogen-bond acceptors (Lipinski definition) is 4. The molecule has 98 valence electrons. The molecule has 1 aromatic rings. The summed E-state index contributed by atoms with van der Waals surface area (Å²) >= 11 is 0. The largest absolute Gasteiger partial charge is 0.492 e. The van der Waals surface area contributed by atoms with Crippen molar-refractivity contribution in [3.63, 3.8) is 0 Å². The molecule has 1 aromatic carbocycles. The zero-order valence-corrected chi connectivity index (χ0v) is 10.3. The molecule has 1 amide bonds. The number of carbonyl (C=O) groups excluding carboxylic acids is 1. The molecule has 0 aliphatic carbocycles. The van der Waals surface area contributed by atoms with Crippen molar-refractivity contribution in [2.24, 2.45) is 0 Å². The van der Waals surface area contributed by atoms with Gasteiger partial charge in [0.15, 0.2) is 0 Å². The predicted octanol–water partition coefficient (Wildman–Crippen LogP) is 0.286. The van der Waals surface area contributed by atoms with Gasteiger partial charge in [0.1, 0.15) is 18.3 Å². The van der Waals surface area contributed by atoms with E-state index in [0.29, 0.717) is 6.61 Å². The number of fused-ring (bicyclic) bond motifs is 1. The first-order valence-corrected chi connectivity index (χ1v) is 5.89. The molecule has 5 heteroatoms. The third-order valence-electron chi connectivity index (χ3n) is 2.89. The van der Waals surface area contributed by atoms with E-state index in [2.05, 4.69) is 5.32 Å². The van der Waals surface area contributed by atoms with E-state index in [1.165, 1.54) is 7.11 Å². The first-order valence-electron chi connectivity index (χ1n) is 5.89. The summed E-state index contributed by atoms with van der Waals surface area (Å²) in [5.41, 5.74) is 0.899. The summed E-state index contributed by atoms with van der Waals surface area (Å²) in [6.45, 7) is 0.745. The van der Waals surface area contributed by atoms with E-state index in [0.717, 1.165) is 11.3 Å². The monoisotopic (exact) mass is 251 g/mol. The van der Waals surface area contributed by atoms with Gasteiger partial charge in [-0.05, 0) is 6.07 Å². The second-order valence-electron chi connectivity index (χ2n) is 4.26. The van der Waals surface area contributed by atoms with Gasteiger partial charge in [0.2, 0.25) is 5.91 Å². The van der Waals surface area contributed by atoms with Gasteiger partial charge in [-0.3, -0.25) is 4.79 Å². The number of nitrogens with one attached hydrogen (secondary N) is 1. The molecule has 0 fully saturated rings. The number of amides is 1. The molecular formula is C13H17NO4. The number of aliphatic hydroxyl groups is 1. The van der Waals surface area contributed by atoms with Crippen LogP contribution in [0, 0.1) is 0 Å². The van der Waals surface area contributed by atoms with Gasteiger partial charge in [0.05, 0.1) is 12.7 Å². The Morgan fingerprint density at radius 3 is 3.17 bits per heavy atom. The molecule has 0 radical (unpaired) electrons. The summed E-state index contributed by atoms with van der Waals surface area (Å²) in [7, 11) is 1.51. The Bertz CT molecular complexity index is 421. The van der Waals surface area contributed by atoms with E-state index in [1.54, 1.807) is 0 Å². The van der Waals surface area contributed by atoms with Crippen LogP contribution in [0.15, 0.2) is 24.3 Å². The summed E-state index contributed by atoms with van der Waals surface area (Å²) < 4.78 is 10.2. The molecular weight excluding hydrogens is 234 g/mol. The third kappa shape index (κ3) is 2.80. The molecule has 2 atom stereocenters. The molecule has 0 spiro atoms. The number of para-hydroxylation sites is 1. The minimum Gasteiger partial charge on any atom is -0.492 e. The van der Waals surface area contributed by atoms with E-state index in [-0.39, 0.29) is 25.0 Å². The van der Waals surface area contributed by atoms with Gasteiger partial charge in [-0.15, -0.1) is 0 Å². The summed E-state index contributed by atoms with van der Waals surface area (Å²) in [6, 6.07) is 7.50. The normalized spacial score (nSPS) is 18.9. The first-order chi connectivity index (χ1) is 8.72. The zero-order valence-electron chi connectivity index (χ0n) is 10.3. The highest BCUT2D eigenvalue weighted by Crippen LogP contribution is 2.33. The topological polar surface area (TPSA) is 67.8 Å². The maximum atomic E-state index is 12.0. The summed E-state index contributed by atoms with van der Waals surface area (Å²) in [5, 5.41) is 12.2. The van der Waals surface area contributed by atoms with Crippen molar-refractivity contribution in [3.05, 3.63) is 29.8 Å². The average Bonchev–Trinajstić information content (AvgIpc) is 2.80. The van der Waals surface area contributed by atoms with E-state index >= 15 is 0 Å². The van der Waals surface area contributed by atoms with Gasteiger partial charge in [0, 0.05) is 19.2 Å². The maximum absolute atomic E-state index is 12.0. The number of carbonyl (C=O) groups is 1. The minimum atomic E-state index is -0.684. The molecule has 2 N–H and O–H groups in total. The molecule has 18 heavy (non-hydrogen) atoms. The molecule has 0 bridgehead atoms. The number of aliphatic hydroxyl groups excluding tert-OH is 1.